The van der Waals surface area contributed by atoms with E-state index in [9.17, 15) is 12.8 Å². The Hall–Kier alpha value is -1.72. The second-order valence-corrected chi connectivity index (χ2v) is 6.32. The molecular weight excluding hydrogens is 277 g/mol. The predicted octanol–water partition coefficient (Wildman–Crippen LogP) is 2.66. The van der Waals surface area contributed by atoms with Crippen LogP contribution in [0.1, 0.15) is 11.1 Å². The van der Waals surface area contributed by atoms with Crippen molar-refractivity contribution in [1.82, 2.24) is 4.72 Å². The minimum atomic E-state index is -3.54. The van der Waals surface area contributed by atoms with Crippen LogP contribution in [-0.2, 0) is 16.4 Å². The molecule has 2 aromatic carbocycles. The molecule has 0 atom stereocenters. The molecule has 106 valence electrons. The molecule has 0 bridgehead atoms. The zero-order valence-corrected chi connectivity index (χ0v) is 12.0. The molecule has 0 aliphatic rings. The van der Waals surface area contributed by atoms with Crippen LogP contribution >= 0.6 is 0 Å². The summed E-state index contributed by atoms with van der Waals surface area (Å²) in [7, 11) is -3.54. The van der Waals surface area contributed by atoms with Crippen molar-refractivity contribution in [2.24, 2.45) is 0 Å². The molecule has 5 heteroatoms. The maximum Gasteiger partial charge on any atom is 0.240 e. The third-order valence-electron chi connectivity index (χ3n) is 2.94. The van der Waals surface area contributed by atoms with Gasteiger partial charge in [-0.05, 0) is 42.7 Å². The second kappa shape index (κ2) is 6.15. The molecule has 0 saturated carbocycles. The average molecular weight is 293 g/mol. The highest BCUT2D eigenvalue weighted by molar-refractivity contribution is 7.89. The van der Waals surface area contributed by atoms with Crippen molar-refractivity contribution < 1.29 is 12.8 Å². The third-order valence-corrected chi connectivity index (χ3v) is 4.40. The zero-order chi connectivity index (χ0) is 14.6. The summed E-state index contributed by atoms with van der Waals surface area (Å²) in [6, 6.07) is 13.0. The van der Waals surface area contributed by atoms with Gasteiger partial charge in [-0.15, -0.1) is 0 Å². The highest BCUT2D eigenvalue weighted by Crippen LogP contribution is 2.11. The number of hydrogen-bond acceptors (Lipinski definition) is 2. The lowest BCUT2D eigenvalue weighted by atomic mass is 10.1. The van der Waals surface area contributed by atoms with E-state index in [1.807, 2.05) is 13.0 Å². The van der Waals surface area contributed by atoms with Crippen LogP contribution in [0.2, 0.25) is 0 Å². The molecule has 1 N–H and O–H groups in total. The normalized spacial score (nSPS) is 11.5. The van der Waals surface area contributed by atoms with Crippen LogP contribution in [0, 0.1) is 12.7 Å². The maximum atomic E-state index is 13.4. The van der Waals surface area contributed by atoms with Crippen LogP contribution in [0.25, 0.3) is 0 Å². The lowest BCUT2D eigenvalue weighted by Gasteiger charge is -2.08. The summed E-state index contributed by atoms with van der Waals surface area (Å²) < 4.78 is 40.0. The summed E-state index contributed by atoms with van der Waals surface area (Å²) in [4.78, 5) is 0.228. The van der Waals surface area contributed by atoms with Gasteiger partial charge in [-0.3, -0.25) is 0 Å². The molecule has 3 nitrogen and oxygen atoms in total. The molecule has 0 heterocycles. The standard InChI is InChI=1S/C15H16FNO2S/c1-12-5-4-7-14(11-12)20(18,19)17-10-9-13-6-2-3-8-15(13)16/h2-8,11,17H,9-10H2,1H3. The van der Waals surface area contributed by atoms with E-state index in [0.29, 0.717) is 12.0 Å². The Morgan fingerprint density at radius 1 is 1.10 bits per heavy atom. The molecule has 2 aromatic rings. The Labute approximate surface area is 118 Å². The fourth-order valence-electron chi connectivity index (χ4n) is 1.89. The van der Waals surface area contributed by atoms with Crippen molar-refractivity contribution in [2.75, 3.05) is 6.54 Å². The fourth-order valence-corrected chi connectivity index (χ4v) is 3.02. The topological polar surface area (TPSA) is 46.2 Å². The molecule has 20 heavy (non-hydrogen) atoms. The largest absolute Gasteiger partial charge is 0.240 e. The van der Waals surface area contributed by atoms with Gasteiger partial charge in [0.1, 0.15) is 5.82 Å². The molecule has 0 fully saturated rings. The summed E-state index contributed by atoms with van der Waals surface area (Å²) in [6.45, 7) is 2.00. The van der Waals surface area contributed by atoms with Gasteiger partial charge < -0.3 is 0 Å². The van der Waals surface area contributed by atoms with Gasteiger partial charge in [0, 0.05) is 6.54 Å². The number of halogens is 1. The molecular formula is C15H16FNO2S. The van der Waals surface area contributed by atoms with Gasteiger partial charge in [-0.2, -0.15) is 0 Å². The zero-order valence-electron chi connectivity index (χ0n) is 11.1. The Morgan fingerprint density at radius 3 is 2.55 bits per heavy atom. The molecule has 0 unspecified atom stereocenters. The SMILES string of the molecule is Cc1cccc(S(=O)(=O)NCCc2ccccc2F)c1. The van der Waals surface area contributed by atoms with E-state index in [0.717, 1.165) is 5.56 Å². The first-order valence-corrected chi connectivity index (χ1v) is 7.77. The van der Waals surface area contributed by atoms with E-state index in [2.05, 4.69) is 4.72 Å². The van der Waals surface area contributed by atoms with E-state index < -0.39 is 10.0 Å². The van der Waals surface area contributed by atoms with Gasteiger partial charge in [-0.25, -0.2) is 17.5 Å². The first-order chi connectivity index (χ1) is 9.49. The Bertz CT molecular complexity index is 699. The van der Waals surface area contributed by atoms with Gasteiger partial charge >= 0.3 is 0 Å². The fraction of sp³-hybridized carbons (Fsp3) is 0.200. The van der Waals surface area contributed by atoms with Crippen LogP contribution in [0.15, 0.2) is 53.4 Å². The predicted molar refractivity (Wildman–Crippen MR) is 76.5 cm³/mol. The van der Waals surface area contributed by atoms with Gasteiger partial charge in [0.25, 0.3) is 0 Å². The summed E-state index contributed by atoms with van der Waals surface area (Å²) in [5.41, 5.74) is 1.38. The summed E-state index contributed by atoms with van der Waals surface area (Å²) >= 11 is 0. The molecule has 2 rings (SSSR count). The van der Waals surface area contributed by atoms with Gasteiger partial charge in [-0.1, -0.05) is 30.3 Å². The number of aryl methyl sites for hydroxylation is 1. The molecule has 0 amide bonds. The van der Waals surface area contributed by atoms with Crippen molar-refractivity contribution in [3.63, 3.8) is 0 Å². The lowest BCUT2D eigenvalue weighted by molar-refractivity contribution is 0.577. The second-order valence-electron chi connectivity index (χ2n) is 4.56. The van der Waals surface area contributed by atoms with Gasteiger partial charge in [0.05, 0.1) is 4.90 Å². The number of nitrogens with one attached hydrogen (secondary N) is 1. The average Bonchev–Trinajstić information content (AvgIpc) is 2.41. The number of benzene rings is 2. The van der Waals surface area contributed by atoms with Crippen LogP contribution in [0.4, 0.5) is 4.39 Å². The highest BCUT2D eigenvalue weighted by Gasteiger charge is 2.13. The first kappa shape index (κ1) is 14.7. The Kier molecular flexibility index (Phi) is 4.52. The first-order valence-electron chi connectivity index (χ1n) is 6.29. The van der Waals surface area contributed by atoms with Crippen LogP contribution in [0.3, 0.4) is 0 Å². The quantitative estimate of drug-likeness (QED) is 0.921. The van der Waals surface area contributed by atoms with Crippen molar-refractivity contribution >= 4 is 10.0 Å². The minimum Gasteiger partial charge on any atom is -0.211 e. The third kappa shape index (κ3) is 3.65. The van der Waals surface area contributed by atoms with Crippen LogP contribution in [-0.4, -0.2) is 15.0 Å². The maximum absolute atomic E-state index is 13.4. The molecule has 0 radical (unpaired) electrons. The molecule has 0 spiro atoms. The van der Waals surface area contributed by atoms with Crippen LogP contribution < -0.4 is 4.72 Å². The smallest absolute Gasteiger partial charge is 0.211 e. The molecule has 0 aromatic heterocycles. The van der Waals surface area contributed by atoms with E-state index >= 15 is 0 Å². The number of rotatable bonds is 5. The summed E-state index contributed by atoms with van der Waals surface area (Å²) in [5.74, 6) is -0.317. The number of hydrogen-bond donors (Lipinski definition) is 1. The van der Waals surface area contributed by atoms with Crippen molar-refractivity contribution in [3.8, 4) is 0 Å². The van der Waals surface area contributed by atoms with E-state index in [4.69, 9.17) is 0 Å². The lowest BCUT2D eigenvalue weighted by Crippen LogP contribution is -2.26. The van der Waals surface area contributed by atoms with Crippen molar-refractivity contribution in [3.05, 3.63) is 65.5 Å². The van der Waals surface area contributed by atoms with E-state index in [1.54, 1.807) is 36.4 Å². The Morgan fingerprint density at radius 2 is 1.85 bits per heavy atom. The van der Waals surface area contributed by atoms with E-state index in [-0.39, 0.29) is 17.3 Å². The number of sulfonamides is 1. The highest BCUT2D eigenvalue weighted by atomic mass is 32.2. The summed E-state index contributed by atoms with van der Waals surface area (Å²) in [6.07, 6.45) is 0.317. The monoisotopic (exact) mass is 293 g/mol. The minimum absolute atomic E-state index is 0.164. The molecule has 0 saturated heterocycles. The van der Waals surface area contributed by atoms with Gasteiger partial charge in [0.2, 0.25) is 10.0 Å². The molecule has 0 aliphatic carbocycles. The van der Waals surface area contributed by atoms with Crippen molar-refractivity contribution in [1.29, 1.82) is 0 Å². The van der Waals surface area contributed by atoms with E-state index in [1.165, 1.54) is 6.07 Å². The molecule has 0 aliphatic heterocycles. The van der Waals surface area contributed by atoms with Crippen LogP contribution in [0.5, 0.6) is 0 Å². The summed E-state index contributed by atoms with van der Waals surface area (Å²) in [5, 5.41) is 0. The van der Waals surface area contributed by atoms with Gasteiger partial charge in [0.15, 0.2) is 0 Å². The Balaban J connectivity index is 2.02. The van der Waals surface area contributed by atoms with Crippen molar-refractivity contribution in [2.45, 2.75) is 18.2 Å².